The Labute approximate surface area is 108 Å². The van der Waals surface area contributed by atoms with Crippen LogP contribution in [0.25, 0.3) is 0 Å². The van der Waals surface area contributed by atoms with Gasteiger partial charge in [-0.15, -0.1) is 11.3 Å². The van der Waals surface area contributed by atoms with Crippen molar-refractivity contribution in [1.82, 2.24) is 10.2 Å². The molecule has 1 aliphatic rings. The summed E-state index contributed by atoms with van der Waals surface area (Å²) in [6.07, 6.45) is 0.331. The second kappa shape index (κ2) is 5.96. The standard InChI is InChI=1S/C13H22N2OS/c1-10-4-5-13(17-10)11(2)14-8-12-9-15(3)6-7-16-12/h4-5,11-12,14H,6-9H2,1-3H3. The molecular weight excluding hydrogens is 232 g/mol. The van der Waals surface area contributed by atoms with E-state index in [1.807, 2.05) is 11.3 Å². The Morgan fingerprint density at radius 3 is 3.06 bits per heavy atom. The third kappa shape index (κ3) is 3.78. The van der Waals surface area contributed by atoms with Crippen molar-refractivity contribution >= 4 is 11.3 Å². The molecule has 1 N–H and O–H groups in total. The Balaban J connectivity index is 1.77. The van der Waals surface area contributed by atoms with Gasteiger partial charge in [-0.1, -0.05) is 0 Å². The number of ether oxygens (including phenoxy) is 1. The second-order valence-corrected chi connectivity index (χ2v) is 6.15. The van der Waals surface area contributed by atoms with E-state index in [2.05, 4.69) is 43.2 Å². The summed E-state index contributed by atoms with van der Waals surface area (Å²) in [6.45, 7) is 8.25. The van der Waals surface area contributed by atoms with E-state index < -0.39 is 0 Å². The van der Waals surface area contributed by atoms with Crippen LogP contribution in [-0.4, -0.2) is 44.3 Å². The summed E-state index contributed by atoms with van der Waals surface area (Å²) >= 11 is 1.87. The molecule has 17 heavy (non-hydrogen) atoms. The van der Waals surface area contributed by atoms with Gasteiger partial charge in [0.15, 0.2) is 0 Å². The van der Waals surface area contributed by atoms with Crippen LogP contribution in [0, 0.1) is 6.92 Å². The summed E-state index contributed by atoms with van der Waals surface area (Å²) in [5.41, 5.74) is 0. The summed E-state index contributed by atoms with van der Waals surface area (Å²) in [5, 5.41) is 3.56. The first kappa shape index (κ1) is 13.0. The van der Waals surface area contributed by atoms with Gasteiger partial charge in [-0.25, -0.2) is 0 Å². The molecule has 0 aliphatic carbocycles. The van der Waals surface area contributed by atoms with Crippen LogP contribution in [-0.2, 0) is 4.74 Å². The summed E-state index contributed by atoms with van der Waals surface area (Å²) in [5.74, 6) is 0. The molecule has 1 fully saturated rings. The lowest BCUT2D eigenvalue weighted by molar-refractivity contribution is -0.0190. The van der Waals surface area contributed by atoms with E-state index in [1.54, 1.807) is 0 Å². The van der Waals surface area contributed by atoms with E-state index in [-0.39, 0.29) is 0 Å². The molecule has 96 valence electrons. The van der Waals surface area contributed by atoms with Gasteiger partial charge in [0.05, 0.1) is 12.7 Å². The van der Waals surface area contributed by atoms with Crippen molar-refractivity contribution in [1.29, 1.82) is 0 Å². The first-order valence-electron chi connectivity index (χ1n) is 6.25. The lowest BCUT2D eigenvalue weighted by Crippen LogP contribution is -2.45. The first-order valence-corrected chi connectivity index (χ1v) is 7.06. The highest BCUT2D eigenvalue weighted by atomic mass is 32.1. The van der Waals surface area contributed by atoms with Crippen LogP contribution in [0.15, 0.2) is 12.1 Å². The summed E-state index contributed by atoms with van der Waals surface area (Å²) in [7, 11) is 2.15. The largest absolute Gasteiger partial charge is 0.374 e. The highest BCUT2D eigenvalue weighted by Crippen LogP contribution is 2.22. The Morgan fingerprint density at radius 2 is 2.41 bits per heavy atom. The molecular formula is C13H22N2OS. The van der Waals surface area contributed by atoms with Crippen molar-refractivity contribution in [2.24, 2.45) is 0 Å². The number of morpholine rings is 1. The van der Waals surface area contributed by atoms with Crippen LogP contribution in [0.3, 0.4) is 0 Å². The minimum atomic E-state index is 0.331. The molecule has 1 aromatic heterocycles. The number of rotatable bonds is 4. The minimum absolute atomic E-state index is 0.331. The zero-order valence-corrected chi connectivity index (χ0v) is 11.7. The van der Waals surface area contributed by atoms with Gasteiger partial charge >= 0.3 is 0 Å². The maximum atomic E-state index is 5.74. The van der Waals surface area contributed by atoms with Crippen molar-refractivity contribution in [3.63, 3.8) is 0 Å². The SMILES string of the molecule is Cc1ccc(C(C)NCC2CN(C)CCO2)s1. The summed E-state index contributed by atoms with van der Waals surface area (Å²) in [4.78, 5) is 5.12. The maximum absolute atomic E-state index is 5.74. The molecule has 1 saturated heterocycles. The predicted molar refractivity (Wildman–Crippen MR) is 72.7 cm³/mol. The molecule has 4 heteroatoms. The Kier molecular flexibility index (Phi) is 4.56. The van der Waals surface area contributed by atoms with Crippen molar-refractivity contribution in [3.05, 3.63) is 21.9 Å². The average Bonchev–Trinajstić information content (AvgIpc) is 2.73. The number of hydrogen-bond acceptors (Lipinski definition) is 4. The molecule has 2 heterocycles. The molecule has 2 atom stereocenters. The lowest BCUT2D eigenvalue weighted by atomic mass is 10.2. The van der Waals surface area contributed by atoms with Crippen molar-refractivity contribution in [2.45, 2.75) is 26.0 Å². The number of nitrogens with one attached hydrogen (secondary N) is 1. The van der Waals surface area contributed by atoms with Crippen LogP contribution in [0.2, 0.25) is 0 Å². The molecule has 0 aromatic carbocycles. The smallest absolute Gasteiger partial charge is 0.0826 e. The number of hydrogen-bond donors (Lipinski definition) is 1. The molecule has 0 radical (unpaired) electrons. The fourth-order valence-electron chi connectivity index (χ4n) is 2.09. The van der Waals surface area contributed by atoms with Crippen LogP contribution >= 0.6 is 11.3 Å². The maximum Gasteiger partial charge on any atom is 0.0826 e. The van der Waals surface area contributed by atoms with Gasteiger partial charge in [-0.05, 0) is 33.0 Å². The second-order valence-electron chi connectivity index (χ2n) is 4.83. The van der Waals surface area contributed by atoms with Gasteiger partial charge < -0.3 is 15.0 Å². The Bertz CT molecular complexity index is 353. The third-order valence-corrected chi connectivity index (χ3v) is 4.36. The van der Waals surface area contributed by atoms with E-state index in [1.165, 1.54) is 9.75 Å². The Hall–Kier alpha value is -0.420. The minimum Gasteiger partial charge on any atom is -0.374 e. The fraction of sp³-hybridized carbons (Fsp3) is 0.692. The molecule has 1 aromatic rings. The van der Waals surface area contributed by atoms with Crippen molar-refractivity contribution in [2.75, 3.05) is 33.3 Å². The summed E-state index contributed by atoms with van der Waals surface area (Å²) in [6, 6.07) is 4.82. The topological polar surface area (TPSA) is 24.5 Å². The molecule has 3 nitrogen and oxygen atoms in total. The van der Waals surface area contributed by atoms with Gasteiger partial charge in [0, 0.05) is 35.4 Å². The van der Waals surface area contributed by atoms with Gasteiger partial charge in [0.2, 0.25) is 0 Å². The van der Waals surface area contributed by atoms with Gasteiger partial charge in [0.25, 0.3) is 0 Å². The zero-order valence-electron chi connectivity index (χ0n) is 10.9. The molecule has 1 aliphatic heterocycles. The van der Waals surface area contributed by atoms with Crippen LogP contribution in [0.1, 0.15) is 22.7 Å². The van der Waals surface area contributed by atoms with E-state index in [4.69, 9.17) is 4.74 Å². The lowest BCUT2D eigenvalue weighted by Gasteiger charge is -2.30. The first-order chi connectivity index (χ1) is 8.15. The van der Waals surface area contributed by atoms with E-state index >= 15 is 0 Å². The number of aryl methyl sites for hydroxylation is 1. The zero-order chi connectivity index (χ0) is 12.3. The molecule has 0 bridgehead atoms. The number of nitrogens with zero attached hydrogens (tertiary/aromatic N) is 1. The highest BCUT2D eigenvalue weighted by molar-refractivity contribution is 7.12. The van der Waals surface area contributed by atoms with Crippen LogP contribution < -0.4 is 5.32 Å². The van der Waals surface area contributed by atoms with Gasteiger partial charge in [0.1, 0.15) is 0 Å². The number of likely N-dealkylation sites (N-methyl/N-ethyl adjacent to an activating group) is 1. The fourth-order valence-corrected chi connectivity index (χ4v) is 2.99. The van der Waals surface area contributed by atoms with E-state index in [9.17, 15) is 0 Å². The molecule has 0 saturated carbocycles. The normalized spacial score (nSPS) is 23.8. The molecule has 0 spiro atoms. The van der Waals surface area contributed by atoms with Gasteiger partial charge in [-0.3, -0.25) is 0 Å². The number of thiophene rings is 1. The van der Waals surface area contributed by atoms with Gasteiger partial charge in [-0.2, -0.15) is 0 Å². The molecule has 0 amide bonds. The summed E-state index contributed by atoms with van der Waals surface area (Å²) < 4.78 is 5.74. The van der Waals surface area contributed by atoms with Crippen molar-refractivity contribution in [3.8, 4) is 0 Å². The van der Waals surface area contributed by atoms with E-state index in [0.717, 1.165) is 26.2 Å². The quantitative estimate of drug-likeness (QED) is 0.890. The average molecular weight is 254 g/mol. The van der Waals surface area contributed by atoms with Crippen LogP contribution in [0.4, 0.5) is 0 Å². The van der Waals surface area contributed by atoms with E-state index in [0.29, 0.717) is 12.1 Å². The Morgan fingerprint density at radius 1 is 1.59 bits per heavy atom. The molecule has 2 unspecified atom stereocenters. The monoisotopic (exact) mass is 254 g/mol. The van der Waals surface area contributed by atoms with Crippen LogP contribution in [0.5, 0.6) is 0 Å². The predicted octanol–water partition coefficient (Wildman–Crippen LogP) is 2.04. The molecule has 2 rings (SSSR count). The van der Waals surface area contributed by atoms with Crippen molar-refractivity contribution < 1.29 is 4.74 Å². The highest BCUT2D eigenvalue weighted by Gasteiger charge is 2.18. The third-order valence-electron chi connectivity index (χ3n) is 3.18.